The number of ether oxygens (including phenoxy) is 1. The van der Waals surface area contributed by atoms with Gasteiger partial charge in [-0.3, -0.25) is 9.59 Å². The van der Waals surface area contributed by atoms with Gasteiger partial charge in [-0.2, -0.15) is 0 Å². The number of carbonyl (C=O) groups excluding carboxylic acids is 2. The Bertz CT molecular complexity index is 690. The van der Waals surface area contributed by atoms with Gasteiger partial charge in [0.25, 0.3) is 5.91 Å². The minimum absolute atomic E-state index is 0.120. The molecular formula is C25H39N3O3. The number of aryl methyl sites for hydroxylation is 1. The van der Waals surface area contributed by atoms with Crippen LogP contribution in [0.3, 0.4) is 0 Å². The number of likely N-dealkylation sites (tertiary alicyclic amines) is 2. The maximum absolute atomic E-state index is 12.9. The average molecular weight is 430 g/mol. The van der Waals surface area contributed by atoms with Crippen molar-refractivity contribution in [2.24, 2.45) is 5.92 Å². The lowest BCUT2D eigenvalue weighted by atomic mass is 9.92. The summed E-state index contributed by atoms with van der Waals surface area (Å²) in [6.45, 7) is 6.93. The van der Waals surface area contributed by atoms with Crippen LogP contribution in [-0.4, -0.2) is 74.1 Å². The number of piperidine rings is 2. The van der Waals surface area contributed by atoms with Crippen LogP contribution in [-0.2, 0) is 16.0 Å². The predicted molar refractivity (Wildman–Crippen MR) is 123 cm³/mol. The van der Waals surface area contributed by atoms with E-state index in [4.69, 9.17) is 4.74 Å². The first kappa shape index (κ1) is 23.7. The Labute approximate surface area is 187 Å². The summed E-state index contributed by atoms with van der Waals surface area (Å²) in [4.78, 5) is 29.7. The van der Waals surface area contributed by atoms with Crippen molar-refractivity contribution in [3.63, 3.8) is 0 Å². The summed E-state index contributed by atoms with van der Waals surface area (Å²) in [6.07, 6.45) is 7.34. The Balaban J connectivity index is 1.40. The van der Waals surface area contributed by atoms with Gasteiger partial charge >= 0.3 is 0 Å². The monoisotopic (exact) mass is 429 g/mol. The van der Waals surface area contributed by atoms with Gasteiger partial charge in [0, 0.05) is 44.3 Å². The topological polar surface area (TPSA) is 61.9 Å². The molecule has 6 nitrogen and oxygen atoms in total. The van der Waals surface area contributed by atoms with Crippen LogP contribution in [0.5, 0.6) is 0 Å². The van der Waals surface area contributed by atoms with Crippen LogP contribution in [0.2, 0.25) is 0 Å². The van der Waals surface area contributed by atoms with Gasteiger partial charge in [-0.05, 0) is 69.3 Å². The molecule has 0 spiro atoms. The van der Waals surface area contributed by atoms with Gasteiger partial charge in [0.15, 0.2) is 0 Å². The number of amides is 2. The summed E-state index contributed by atoms with van der Waals surface area (Å²) in [5, 5.41) is 2.97. The Morgan fingerprint density at radius 2 is 1.71 bits per heavy atom. The summed E-state index contributed by atoms with van der Waals surface area (Å²) >= 11 is 0. The number of nitrogens with zero attached hydrogens (tertiary/aromatic N) is 2. The number of rotatable bonds is 9. The zero-order valence-corrected chi connectivity index (χ0v) is 19.3. The first-order valence-electron chi connectivity index (χ1n) is 12.0. The van der Waals surface area contributed by atoms with Crippen molar-refractivity contribution in [1.82, 2.24) is 15.1 Å². The van der Waals surface area contributed by atoms with Crippen molar-refractivity contribution < 1.29 is 14.3 Å². The number of unbranched alkanes of at least 4 members (excludes halogenated alkanes) is 1. The first-order chi connectivity index (χ1) is 15.1. The van der Waals surface area contributed by atoms with E-state index in [9.17, 15) is 9.59 Å². The fourth-order valence-corrected chi connectivity index (χ4v) is 4.76. The molecule has 1 aromatic rings. The highest BCUT2D eigenvalue weighted by molar-refractivity contribution is 5.94. The lowest BCUT2D eigenvalue weighted by molar-refractivity contribution is -0.126. The molecular weight excluding hydrogens is 390 g/mol. The average Bonchev–Trinajstić information content (AvgIpc) is 2.83. The van der Waals surface area contributed by atoms with E-state index in [2.05, 4.69) is 29.3 Å². The minimum atomic E-state index is 0.120. The second-order valence-electron chi connectivity index (χ2n) is 8.92. The molecule has 6 heteroatoms. The Morgan fingerprint density at radius 3 is 2.32 bits per heavy atom. The number of carbonyl (C=O) groups is 2. The third-order valence-corrected chi connectivity index (χ3v) is 6.79. The molecule has 0 radical (unpaired) electrons. The van der Waals surface area contributed by atoms with Crippen molar-refractivity contribution in [1.29, 1.82) is 0 Å². The van der Waals surface area contributed by atoms with E-state index in [-0.39, 0.29) is 17.7 Å². The molecule has 172 valence electrons. The summed E-state index contributed by atoms with van der Waals surface area (Å²) < 4.78 is 5.00. The van der Waals surface area contributed by atoms with Crippen LogP contribution < -0.4 is 5.32 Å². The van der Waals surface area contributed by atoms with E-state index >= 15 is 0 Å². The molecule has 2 amide bonds. The van der Waals surface area contributed by atoms with E-state index in [1.54, 1.807) is 7.11 Å². The molecule has 2 fully saturated rings. The van der Waals surface area contributed by atoms with Crippen molar-refractivity contribution in [2.45, 2.75) is 57.9 Å². The van der Waals surface area contributed by atoms with Crippen molar-refractivity contribution in [2.75, 3.05) is 46.4 Å². The third kappa shape index (κ3) is 6.78. The number of hydrogen-bond donors (Lipinski definition) is 1. The number of benzene rings is 1. The molecule has 2 saturated heterocycles. The summed E-state index contributed by atoms with van der Waals surface area (Å²) in [5.74, 6) is 0.444. The molecule has 0 saturated carbocycles. The lowest BCUT2D eigenvalue weighted by Gasteiger charge is -2.41. The molecule has 0 aliphatic carbocycles. The molecule has 0 aromatic heterocycles. The van der Waals surface area contributed by atoms with E-state index in [1.807, 2.05) is 17.0 Å². The molecule has 2 aliphatic rings. The van der Waals surface area contributed by atoms with Crippen LogP contribution >= 0.6 is 0 Å². The maximum Gasteiger partial charge on any atom is 0.253 e. The summed E-state index contributed by atoms with van der Waals surface area (Å²) in [5.41, 5.74) is 2.12. The summed E-state index contributed by atoms with van der Waals surface area (Å²) in [7, 11) is 1.65. The molecule has 0 bridgehead atoms. The normalized spacial score (nSPS) is 18.8. The highest BCUT2D eigenvalue weighted by Gasteiger charge is 2.31. The molecule has 3 rings (SSSR count). The lowest BCUT2D eigenvalue weighted by Crippen LogP contribution is -2.50. The smallest absolute Gasteiger partial charge is 0.253 e. The molecule has 0 atom stereocenters. The van der Waals surface area contributed by atoms with Gasteiger partial charge < -0.3 is 19.9 Å². The highest BCUT2D eigenvalue weighted by atomic mass is 16.5. The zero-order valence-electron chi connectivity index (χ0n) is 19.3. The van der Waals surface area contributed by atoms with Crippen LogP contribution in [0, 0.1) is 5.92 Å². The highest BCUT2D eigenvalue weighted by Crippen LogP contribution is 2.25. The van der Waals surface area contributed by atoms with E-state index in [0.717, 1.165) is 63.8 Å². The van der Waals surface area contributed by atoms with Crippen LogP contribution in [0.1, 0.15) is 61.4 Å². The zero-order chi connectivity index (χ0) is 22.1. The van der Waals surface area contributed by atoms with Gasteiger partial charge in [0.05, 0.1) is 6.61 Å². The van der Waals surface area contributed by atoms with E-state index < -0.39 is 0 Å². The SMILES string of the molecule is CCCCc1ccc(C(=O)N2CCC(N3CCC(C(=O)NCCOC)CC3)CC2)cc1. The number of hydrogen-bond acceptors (Lipinski definition) is 4. The third-order valence-electron chi connectivity index (χ3n) is 6.79. The molecule has 0 unspecified atom stereocenters. The van der Waals surface area contributed by atoms with Gasteiger partial charge in [-0.25, -0.2) is 0 Å². The van der Waals surface area contributed by atoms with Crippen LogP contribution in [0.4, 0.5) is 0 Å². The molecule has 2 heterocycles. The summed E-state index contributed by atoms with van der Waals surface area (Å²) in [6, 6.07) is 8.71. The standard InChI is InChI=1S/C25H39N3O3/c1-3-4-5-20-6-8-22(9-7-20)25(30)28-17-12-23(13-18-28)27-15-10-21(11-16-27)24(29)26-14-19-31-2/h6-9,21,23H,3-5,10-19H2,1-2H3,(H,26,29). The second-order valence-corrected chi connectivity index (χ2v) is 8.92. The van der Waals surface area contributed by atoms with Gasteiger partial charge in [-0.15, -0.1) is 0 Å². The van der Waals surface area contributed by atoms with Crippen LogP contribution in [0.25, 0.3) is 0 Å². The van der Waals surface area contributed by atoms with Gasteiger partial charge in [0.1, 0.15) is 0 Å². The van der Waals surface area contributed by atoms with Gasteiger partial charge in [-0.1, -0.05) is 25.5 Å². The second kappa shape index (κ2) is 12.2. The van der Waals surface area contributed by atoms with E-state index in [0.29, 0.717) is 19.2 Å². The molecule has 31 heavy (non-hydrogen) atoms. The van der Waals surface area contributed by atoms with Gasteiger partial charge in [0.2, 0.25) is 5.91 Å². The Hall–Kier alpha value is -1.92. The predicted octanol–water partition coefficient (Wildman–Crippen LogP) is 3.11. The Kier molecular flexibility index (Phi) is 9.34. The first-order valence-corrected chi connectivity index (χ1v) is 12.0. The number of methoxy groups -OCH3 is 1. The quantitative estimate of drug-likeness (QED) is 0.613. The maximum atomic E-state index is 12.9. The van der Waals surface area contributed by atoms with Crippen molar-refractivity contribution in [3.8, 4) is 0 Å². The van der Waals surface area contributed by atoms with Crippen molar-refractivity contribution >= 4 is 11.8 Å². The molecule has 1 aromatic carbocycles. The minimum Gasteiger partial charge on any atom is -0.383 e. The molecule has 2 aliphatic heterocycles. The van der Waals surface area contributed by atoms with Crippen LogP contribution in [0.15, 0.2) is 24.3 Å². The van der Waals surface area contributed by atoms with Crippen molar-refractivity contribution in [3.05, 3.63) is 35.4 Å². The molecule has 1 N–H and O–H groups in total. The largest absolute Gasteiger partial charge is 0.383 e. The Morgan fingerprint density at radius 1 is 1.03 bits per heavy atom. The number of nitrogens with one attached hydrogen (secondary N) is 1. The fraction of sp³-hybridized carbons (Fsp3) is 0.680. The fourth-order valence-electron chi connectivity index (χ4n) is 4.76. The van der Waals surface area contributed by atoms with E-state index in [1.165, 1.54) is 18.4 Å².